The minimum atomic E-state index is -4.76. The predicted octanol–water partition coefficient (Wildman–Crippen LogP) is 4.64. The van der Waals surface area contributed by atoms with Crippen LogP contribution in [0.4, 0.5) is 24.5 Å². The van der Waals surface area contributed by atoms with Gasteiger partial charge in [-0.25, -0.2) is 0 Å². The summed E-state index contributed by atoms with van der Waals surface area (Å²) in [6.45, 7) is 2.57. The highest BCUT2D eigenvalue weighted by Gasteiger charge is 2.35. The molecule has 10 heteroatoms. The largest absolute Gasteiger partial charge is 0.490 e. The molecule has 2 aliphatic rings. The quantitative estimate of drug-likeness (QED) is 0.635. The van der Waals surface area contributed by atoms with Gasteiger partial charge in [0.1, 0.15) is 12.7 Å². The molecule has 2 N–H and O–H groups in total. The van der Waals surface area contributed by atoms with E-state index in [0.29, 0.717) is 43.1 Å². The molecule has 1 saturated heterocycles. The molecule has 1 atom stereocenters. The summed E-state index contributed by atoms with van der Waals surface area (Å²) in [7, 11) is 0. The molecule has 34 heavy (non-hydrogen) atoms. The van der Waals surface area contributed by atoms with Gasteiger partial charge in [0.05, 0.1) is 23.4 Å². The van der Waals surface area contributed by atoms with Gasteiger partial charge >= 0.3 is 6.18 Å². The number of ether oxygens (including phenoxy) is 3. The van der Waals surface area contributed by atoms with E-state index in [9.17, 15) is 22.8 Å². The van der Waals surface area contributed by atoms with Crippen LogP contribution in [0.25, 0.3) is 6.08 Å². The lowest BCUT2D eigenvalue weighted by molar-refractivity contribution is -0.137. The monoisotopic (exact) mass is 476 g/mol. The lowest BCUT2D eigenvalue weighted by atomic mass is 10.1. The van der Waals surface area contributed by atoms with Gasteiger partial charge < -0.3 is 24.8 Å². The highest BCUT2D eigenvalue weighted by atomic mass is 19.4. The summed E-state index contributed by atoms with van der Waals surface area (Å²) in [6.07, 6.45) is -2.66. The summed E-state index contributed by atoms with van der Waals surface area (Å²) < 4.78 is 57.6. The zero-order chi connectivity index (χ0) is 24.3. The zero-order valence-electron chi connectivity index (χ0n) is 18.3. The minimum Gasteiger partial charge on any atom is -0.490 e. The number of para-hydroxylation sites is 1. The molecule has 2 aromatic rings. The lowest BCUT2D eigenvalue weighted by Crippen LogP contribution is -2.27. The van der Waals surface area contributed by atoms with Gasteiger partial charge in [0.2, 0.25) is 0 Å². The van der Waals surface area contributed by atoms with E-state index in [4.69, 9.17) is 14.2 Å². The fourth-order valence-corrected chi connectivity index (χ4v) is 3.76. The van der Waals surface area contributed by atoms with Crippen LogP contribution in [0.15, 0.2) is 42.0 Å². The Bertz CT molecular complexity index is 1120. The van der Waals surface area contributed by atoms with E-state index in [1.54, 1.807) is 24.3 Å². The third-order valence-corrected chi connectivity index (χ3v) is 5.37. The van der Waals surface area contributed by atoms with Gasteiger partial charge in [-0.05, 0) is 50.1 Å². The maximum Gasteiger partial charge on any atom is 0.418 e. The number of carbonyl (C=O) groups is 2. The van der Waals surface area contributed by atoms with E-state index < -0.39 is 35.3 Å². The van der Waals surface area contributed by atoms with E-state index in [2.05, 4.69) is 10.6 Å². The van der Waals surface area contributed by atoms with Crippen LogP contribution in [0.2, 0.25) is 0 Å². The first-order valence-corrected chi connectivity index (χ1v) is 10.8. The summed E-state index contributed by atoms with van der Waals surface area (Å²) in [4.78, 5) is 25.0. The number of carbonyl (C=O) groups excluding carboxylic acids is 2. The molecule has 0 aromatic heterocycles. The fourth-order valence-electron chi connectivity index (χ4n) is 3.76. The van der Waals surface area contributed by atoms with Crippen LogP contribution in [0.5, 0.6) is 11.5 Å². The molecule has 1 unspecified atom stereocenters. The van der Waals surface area contributed by atoms with Crippen molar-refractivity contribution in [2.75, 3.05) is 30.5 Å². The van der Waals surface area contributed by atoms with Crippen molar-refractivity contribution in [2.24, 2.45) is 0 Å². The molecule has 1 fully saturated rings. The first-order valence-electron chi connectivity index (χ1n) is 10.8. The number of amides is 2. The maximum absolute atomic E-state index is 13.7. The molecule has 2 aliphatic heterocycles. The van der Waals surface area contributed by atoms with Crippen LogP contribution in [0.3, 0.4) is 0 Å². The number of nitrogens with one attached hydrogen (secondary N) is 2. The summed E-state index contributed by atoms with van der Waals surface area (Å²) in [5.74, 6) is -0.231. The number of halogens is 3. The van der Waals surface area contributed by atoms with Crippen LogP contribution < -0.4 is 20.1 Å². The van der Waals surface area contributed by atoms with Crippen molar-refractivity contribution in [1.82, 2.24) is 0 Å². The second-order valence-corrected chi connectivity index (χ2v) is 7.77. The summed E-state index contributed by atoms with van der Waals surface area (Å²) in [5.41, 5.74) is -0.802. The van der Waals surface area contributed by atoms with Crippen molar-refractivity contribution in [3.05, 3.63) is 53.1 Å². The van der Waals surface area contributed by atoms with Gasteiger partial charge in [0.15, 0.2) is 11.5 Å². The highest BCUT2D eigenvalue weighted by Crippen LogP contribution is 2.38. The molecule has 2 heterocycles. The Morgan fingerprint density at radius 2 is 2.00 bits per heavy atom. The average molecular weight is 476 g/mol. The van der Waals surface area contributed by atoms with E-state index in [1.807, 2.05) is 6.92 Å². The van der Waals surface area contributed by atoms with Crippen molar-refractivity contribution in [2.45, 2.75) is 32.0 Å². The fraction of sp³-hybridized carbons (Fsp3) is 0.333. The van der Waals surface area contributed by atoms with Crippen LogP contribution in [-0.4, -0.2) is 37.7 Å². The van der Waals surface area contributed by atoms with Crippen molar-refractivity contribution in [1.29, 1.82) is 0 Å². The number of fused-ring (bicyclic) bond motifs is 1. The lowest BCUT2D eigenvalue weighted by Gasteiger charge is -2.21. The molecular weight excluding hydrogens is 453 g/mol. The van der Waals surface area contributed by atoms with Gasteiger partial charge in [0.25, 0.3) is 11.8 Å². The van der Waals surface area contributed by atoms with Gasteiger partial charge in [-0.3, -0.25) is 9.59 Å². The molecule has 2 aromatic carbocycles. The Kier molecular flexibility index (Phi) is 6.78. The van der Waals surface area contributed by atoms with E-state index >= 15 is 0 Å². The van der Waals surface area contributed by atoms with E-state index in [1.165, 1.54) is 6.07 Å². The number of hydrogen-bond acceptors (Lipinski definition) is 5. The topological polar surface area (TPSA) is 85.9 Å². The Morgan fingerprint density at radius 1 is 1.18 bits per heavy atom. The molecule has 0 spiro atoms. The SMILES string of the molecule is CCOc1cccc2c1OCC(C(=O)Nc1ccc(NC(=O)C3CCCO3)cc1C(F)(F)F)=C2. The second-order valence-electron chi connectivity index (χ2n) is 7.77. The molecule has 4 rings (SSSR count). The third kappa shape index (κ3) is 5.17. The normalized spacial score (nSPS) is 17.3. The van der Waals surface area contributed by atoms with Crippen LogP contribution >= 0.6 is 0 Å². The second kappa shape index (κ2) is 9.76. The first kappa shape index (κ1) is 23.6. The van der Waals surface area contributed by atoms with Crippen molar-refractivity contribution >= 4 is 29.3 Å². The van der Waals surface area contributed by atoms with Crippen molar-refractivity contribution in [3.63, 3.8) is 0 Å². The van der Waals surface area contributed by atoms with Gasteiger partial charge in [-0.1, -0.05) is 12.1 Å². The van der Waals surface area contributed by atoms with Gasteiger partial charge in [0, 0.05) is 17.9 Å². The Labute approximate surface area is 193 Å². The summed E-state index contributed by atoms with van der Waals surface area (Å²) in [6, 6.07) is 8.38. The Balaban J connectivity index is 1.54. The molecule has 0 saturated carbocycles. The van der Waals surface area contributed by atoms with Gasteiger partial charge in [-0.2, -0.15) is 13.2 Å². The van der Waals surface area contributed by atoms with Crippen LogP contribution in [0.1, 0.15) is 30.9 Å². The average Bonchev–Trinajstić information content (AvgIpc) is 3.35. The Hall–Kier alpha value is -3.53. The molecule has 180 valence electrons. The molecule has 0 bridgehead atoms. The number of hydrogen-bond donors (Lipinski definition) is 2. The predicted molar refractivity (Wildman–Crippen MR) is 119 cm³/mol. The van der Waals surface area contributed by atoms with Crippen LogP contribution in [0, 0.1) is 0 Å². The molecule has 2 amide bonds. The van der Waals surface area contributed by atoms with Gasteiger partial charge in [-0.15, -0.1) is 0 Å². The molecule has 0 radical (unpaired) electrons. The van der Waals surface area contributed by atoms with Crippen molar-refractivity contribution < 1.29 is 37.0 Å². The Morgan fingerprint density at radius 3 is 2.71 bits per heavy atom. The molecular formula is C24H23F3N2O5. The first-order chi connectivity index (χ1) is 16.3. The smallest absolute Gasteiger partial charge is 0.418 e. The minimum absolute atomic E-state index is 0.0385. The molecule has 7 nitrogen and oxygen atoms in total. The van der Waals surface area contributed by atoms with Crippen molar-refractivity contribution in [3.8, 4) is 11.5 Å². The summed E-state index contributed by atoms with van der Waals surface area (Å²) in [5, 5.41) is 4.76. The zero-order valence-corrected chi connectivity index (χ0v) is 18.3. The number of anilines is 2. The highest BCUT2D eigenvalue weighted by molar-refractivity contribution is 6.08. The number of alkyl halides is 3. The maximum atomic E-state index is 13.7. The van der Waals surface area contributed by atoms with E-state index in [0.717, 1.165) is 12.1 Å². The third-order valence-electron chi connectivity index (χ3n) is 5.37. The molecule has 0 aliphatic carbocycles. The van der Waals surface area contributed by atoms with Crippen LogP contribution in [-0.2, 0) is 20.5 Å². The van der Waals surface area contributed by atoms with E-state index in [-0.39, 0.29) is 17.9 Å². The standard InChI is InChI=1S/C24H23F3N2O5/c1-2-32-19-6-3-5-14-11-15(13-34-21(14)19)22(30)29-18-9-8-16(12-17(18)24(25,26)27)28-23(31)20-7-4-10-33-20/h3,5-6,8-9,11-12,20H,2,4,7,10,13H2,1H3,(H,28,31)(H,29,30). The summed E-state index contributed by atoms with van der Waals surface area (Å²) >= 11 is 0. The number of benzene rings is 2. The number of rotatable bonds is 6.